The minimum Gasteiger partial charge on any atom is -0.309 e. The molecule has 5 rings (SSSR count). The molecule has 3 aromatic carbocycles. The first-order valence-electron chi connectivity index (χ1n) is 9.97. The van der Waals surface area contributed by atoms with E-state index in [4.69, 9.17) is 11.6 Å². The van der Waals surface area contributed by atoms with Crippen molar-refractivity contribution in [3.63, 3.8) is 0 Å². The SMILES string of the molecule is O=C1NC(=O)/C(=C\c2cc(-c3ccccc3)n(-c3ccc(Cl)cc3)c2-c2ccccc2)S1. The van der Waals surface area contributed by atoms with Gasteiger partial charge in [-0.2, -0.15) is 0 Å². The van der Waals surface area contributed by atoms with E-state index in [9.17, 15) is 9.59 Å². The fourth-order valence-electron chi connectivity index (χ4n) is 3.77. The van der Waals surface area contributed by atoms with Crippen molar-refractivity contribution in [2.24, 2.45) is 0 Å². The number of halogens is 1. The Labute approximate surface area is 194 Å². The quantitative estimate of drug-likeness (QED) is 0.344. The molecule has 0 atom stereocenters. The predicted molar refractivity (Wildman–Crippen MR) is 131 cm³/mol. The molecule has 0 unspecified atom stereocenters. The number of carbonyl (C=O) groups excluding carboxylic acids is 2. The first-order valence-corrected chi connectivity index (χ1v) is 11.2. The van der Waals surface area contributed by atoms with E-state index in [0.717, 1.165) is 45.5 Å². The molecule has 1 N–H and O–H groups in total. The third-order valence-corrected chi connectivity index (χ3v) is 6.22. The largest absolute Gasteiger partial charge is 0.309 e. The standard InChI is InChI=1S/C26H17ClN2O2S/c27-20-11-13-21(14-12-20)29-22(17-7-3-1-4-8-17)15-19(16-23-25(30)28-26(31)32-23)24(29)18-9-5-2-6-10-18/h1-16H,(H,28,30,31)/b23-16+. The molecule has 2 heterocycles. The van der Waals surface area contributed by atoms with Crippen LogP contribution in [0.4, 0.5) is 4.79 Å². The molecule has 2 amide bonds. The zero-order chi connectivity index (χ0) is 22.1. The average Bonchev–Trinajstić information content (AvgIpc) is 3.34. The number of nitrogens with zero attached hydrogens (tertiary/aromatic N) is 1. The van der Waals surface area contributed by atoms with Gasteiger partial charge in [0.1, 0.15) is 0 Å². The maximum absolute atomic E-state index is 12.3. The lowest BCUT2D eigenvalue weighted by atomic mass is 10.1. The number of aromatic nitrogens is 1. The van der Waals surface area contributed by atoms with Gasteiger partial charge in [0.15, 0.2) is 0 Å². The molecule has 1 saturated heterocycles. The first kappa shape index (κ1) is 20.4. The highest BCUT2D eigenvalue weighted by atomic mass is 35.5. The van der Waals surface area contributed by atoms with Crippen molar-refractivity contribution in [2.45, 2.75) is 0 Å². The highest BCUT2D eigenvalue weighted by Crippen LogP contribution is 2.38. The van der Waals surface area contributed by atoms with Crippen LogP contribution in [0.5, 0.6) is 0 Å². The van der Waals surface area contributed by atoms with Crippen LogP contribution in [0.25, 0.3) is 34.3 Å². The van der Waals surface area contributed by atoms with Crippen molar-refractivity contribution >= 4 is 40.6 Å². The molecule has 6 heteroatoms. The number of amides is 2. The summed E-state index contributed by atoms with van der Waals surface area (Å²) in [4.78, 5) is 24.4. The Kier molecular flexibility index (Phi) is 5.43. The molecule has 1 aliphatic heterocycles. The first-order chi connectivity index (χ1) is 15.6. The summed E-state index contributed by atoms with van der Waals surface area (Å²) in [6, 6.07) is 29.8. The maximum Gasteiger partial charge on any atom is 0.290 e. The lowest BCUT2D eigenvalue weighted by molar-refractivity contribution is -0.115. The molecule has 0 radical (unpaired) electrons. The normalized spacial score (nSPS) is 14.7. The van der Waals surface area contributed by atoms with Gasteiger partial charge < -0.3 is 4.57 Å². The van der Waals surface area contributed by atoms with Crippen LogP contribution in [0.15, 0.2) is 95.9 Å². The second kappa shape index (κ2) is 8.54. The number of imide groups is 1. The molecule has 0 saturated carbocycles. The van der Waals surface area contributed by atoms with Crippen LogP contribution < -0.4 is 5.32 Å². The fraction of sp³-hybridized carbons (Fsp3) is 0. The predicted octanol–water partition coefficient (Wildman–Crippen LogP) is 6.79. The van der Waals surface area contributed by atoms with Gasteiger partial charge in [0, 0.05) is 16.3 Å². The Bertz CT molecular complexity index is 1340. The van der Waals surface area contributed by atoms with Crippen molar-refractivity contribution in [2.75, 3.05) is 0 Å². The highest BCUT2D eigenvalue weighted by molar-refractivity contribution is 8.18. The van der Waals surface area contributed by atoms with E-state index >= 15 is 0 Å². The van der Waals surface area contributed by atoms with Gasteiger partial charge in [-0.1, -0.05) is 72.3 Å². The van der Waals surface area contributed by atoms with Crippen molar-refractivity contribution in [3.05, 3.63) is 106 Å². The van der Waals surface area contributed by atoms with E-state index in [0.29, 0.717) is 9.93 Å². The van der Waals surface area contributed by atoms with Crippen LogP contribution in [-0.2, 0) is 4.79 Å². The van der Waals surface area contributed by atoms with Crippen LogP contribution >= 0.6 is 23.4 Å². The molecule has 1 aromatic heterocycles. The minimum absolute atomic E-state index is 0.358. The van der Waals surface area contributed by atoms with Gasteiger partial charge in [-0.25, -0.2) is 0 Å². The summed E-state index contributed by atoms with van der Waals surface area (Å²) < 4.78 is 2.16. The number of rotatable bonds is 4. The van der Waals surface area contributed by atoms with Crippen molar-refractivity contribution in [3.8, 4) is 28.2 Å². The number of thioether (sulfide) groups is 1. The van der Waals surface area contributed by atoms with Crippen LogP contribution in [-0.4, -0.2) is 15.7 Å². The molecule has 0 spiro atoms. The van der Waals surface area contributed by atoms with Gasteiger partial charge >= 0.3 is 0 Å². The van der Waals surface area contributed by atoms with Crippen molar-refractivity contribution in [1.29, 1.82) is 0 Å². The van der Waals surface area contributed by atoms with Gasteiger partial charge in [0.25, 0.3) is 11.1 Å². The fourth-order valence-corrected chi connectivity index (χ4v) is 4.57. The number of hydrogen-bond acceptors (Lipinski definition) is 3. The molecule has 4 aromatic rings. The van der Waals surface area contributed by atoms with E-state index in [1.165, 1.54) is 0 Å². The van der Waals surface area contributed by atoms with Crippen LogP contribution in [0.3, 0.4) is 0 Å². The lowest BCUT2D eigenvalue weighted by Crippen LogP contribution is -2.17. The maximum atomic E-state index is 12.3. The zero-order valence-corrected chi connectivity index (χ0v) is 18.4. The van der Waals surface area contributed by atoms with Crippen molar-refractivity contribution < 1.29 is 9.59 Å². The van der Waals surface area contributed by atoms with Gasteiger partial charge in [-0.3, -0.25) is 14.9 Å². The van der Waals surface area contributed by atoms with E-state index in [-0.39, 0.29) is 11.1 Å². The molecule has 32 heavy (non-hydrogen) atoms. The second-order valence-electron chi connectivity index (χ2n) is 7.23. The van der Waals surface area contributed by atoms with Gasteiger partial charge in [0.05, 0.1) is 16.3 Å². The summed E-state index contributed by atoms with van der Waals surface area (Å²) in [6.07, 6.45) is 1.78. The third kappa shape index (κ3) is 3.88. The summed E-state index contributed by atoms with van der Waals surface area (Å²) in [5.74, 6) is -0.375. The summed E-state index contributed by atoms with van der Waals surface area (Å²) in [6.45, 7) is 0. The molecule has 156 valence electrons. The average molecular weight is 457 g/mol. The summed E-state index contributed by atoms with van der Waals surface area (Å²) in [5.41, 5.74) is 5.70. The van der Waals surface area contributed by atoms with Gasteiger partial charge in [0.2, 0.25) is 0 Å². The molecule has 0 bridgehead atoms. The van der Waals surface area contributed by atoms with Crippen LogP contribution in [0, 0.1) is 0 Å². The van der Waals surface area contributed by atoms with Gasteiger partial charge in [-0.15, -0.1) is 0 Å². The Balaban J connectivity index is 1.83. The zero-order valence-electron chi connectivity index (χ0n) is 16.8. The topological polar surface area (TPSA) is 51.1 Å². The molecule has 1 aliphatic rings. The van der Waals surface area contributed by atoms with Crippen LogP contribution in [0.1, 0.15) is 5.56 Å². The number of hydrogen-bond donors (Lipinski definition) is 1. The number of nitrogens with one attached hydrogen (secondary N) is 1. The van der Waals surface area contributed by atoms with E-state index in [1.807, 2.05) is 84.9 Å². The summed E-state index contributed by atoms with van der Waals surface area (Å²) in [5, 5.41) is 2.63. The van der Waals surface area contributed by atoms with Crippen LogP contribution in [0.2, 0.25) is 5.02 Å². The highest BCUT2D eigenvalue weighted by Gasteiger charge is 2.27. The molecule has 1 fully saturated rings. The lowest BCUT2D eigenvalue weighted by Gasteiger charge is -2.15. The van der Waals surface area contributed by atoms with Crippen molar-refractivity contribution in [1.82, 2.24) is 9.88 Å². The molecule has 0 aliphatic carbocycles. The van der Waals surface area contributed by atoms with Gasteiger partial charge in [-0.05, 0) is 59.3 Å². The molecular formula is C26H17ClN2O2S. The third-order valence-electron chi connectivity index (χ3n) is 5.16. The Hall–Kier alpha value is -3.54. The monoisotopic (exact) mass is 456 g/mol. The molecule has 4 nitrogen and oxygen atoms in total. The Morgan fingerprint density at radius 3 is 2.03 bits per heavy atom. The van der Waals surface area contributed by atoms with E-state index in [1.54, 1.807) is 6.08 Å². The second-order valence-corrected chi connectivity index (χ2v) is 8.68. The minimum atomic E-state index is -0.375. The number of benzene rings is 3. The number of carbonyl (C=O) groups is 2. The molecular weight excluding hydrogens is 440 g/mol. The summed E-state index contributed by atoms with van der Waals surface area (Å²) in [7, 11) is 0. The Morgan fingerprint density at radius 1 is 0.812 bits per heavy atom. The van der Waals surface area contributed by atoms with E-state index in [2.05, 4.69) is 16.0 Å². The smallest absolute Gasteiger partial charge is 0.290 e. The Morgan fingerprint density at radius 2 is 1.44 bits per heavy atom. The van der Waals surface area contributed by atoms with E-state index < -0.39 is 0 Å². The summed E-state index contributed by atoms with van der Waals surface area (Å²) >= 11 is 7.08.